The number of fused-ring (bicyclic) bond motifs is 3. The lowest BCUT2D eigenvalue weighted by Gasteiger charge is -2.27. The van der Waals surface area contributed by atoms with Crippen molar-refractivity contribution in [2.45, 2.75) is 63.8 Å². The monoisotopic (exact) mass is 449 g/mol. The van der Waals surface area contributed by atoms with E-state index in [0.29, 0.717) is 18.9 Å². The topological polar surface area (TPSA) is 101 Å². The van der Waals surface area contributed by atoms with Gasteiger partial charge in [0.25, 0.3) is 0 Å². The molecule has 1 unspecified atom stereocenters. The molecule has 0 saturated heterocycles. The third kappa shape index (κ3) is 4.97. The van der Waals surface area contributed by atoms with Crippen LogP contribution in [0.15, 0.2) is 24.3 Å². The number of carboxylic acid groups (broad SMARTS) is 1. The van der Waals surface area contributed by atoms with Crippen molar-refractivity contribution in [1.82, 2.24) is 10.3 Å². The lowest BCUT2D eigenvalue weighted by Crippen LogP contribution is -2.30. The van der Waals surface area contributed by atoms with Gasteiger partial charge in [-0.05, 0) is 72.8 Å². The summed E-state index contributed by atoms with van der Waals surface area (Å²) in [6.07, 6.45) is 7.12. The molecule has 0 spiro atoms. The number of anilines is 1. The quantitative estimate of drug-likeness (QED) is 0.597. The Labute approximate surface area is 193 Å². The molecule has 174 valence electrons. The van der Waals surface area contributed by atoms with Crippen molar-refractivity contribution >= 4 is 17.7 Å². The molecule has 5 rings (SSSR count). The predicted octanol–water partition coefficient (Wildman–Crippen LogP) is 3.59. The number of ether oxygens (including phenoxy) is 1. The fourth-order valence-corrected chi connectivity index (χ4v) is 5.27. The fraction of sp³-hybridized carbons (Fsp3) is 0.500. The van der Waals surface area contributed by atoms with E-state index < -0.39 is 12.0 Å². The summed E-state index contributed by atoms with van der Waals surface area (Å²) in [5.74, 6) is 1.21. The number of rotatable bonds is 7. The predicted molar refractivity (Wildman–Crippen MR) is 125 cm³/mol. The van der Waals surface area contributed by atoms with Gasteiger partial charge >= 0.3 is 5.97 Å². The molecule has 3 heterocycles. The van der Waals surface area contributed by atoms with Gasteiger partial charge in [-0.25, -0.2) is 4.98 Å². The van der Waals surface area contributed by atoms with Crippen LogP contribution in [0.25, 0.3) is 0 Å². The first kappa shape index (κ1) is 21.7. The summed E-state index contributed by atoms with van der Waals surface area (Å²) >= 11 is 0. The van der Waals surface area contributed by atoms with Crippen LogP contribution in [-0.2, 0) is 35.3 Å². The number of aromatic nitrogens is 1. The summed E-state index contributed by atoms with van der Waals surface area (Å²) in [7, 11) is 0. The van der Waals surface area contributed by atoms with Gasteiger partial charge in [0.15, 0.2) is 0 Å². The van der Waals surface area contributed by atoms with E-state index in [2.05, 4.69) is 16.7 Å². The average molecular weight is 450 g/mol. The molecule has 33 heavy (non-hydrogen) atoms. The van der Waals surface area contributed by atoms with Crippen LogP contribution in [-0.4, -0.2) is 35.1 Å². The SMILES string of the molecule is O=C(O)C[C@H](NC(=O)CCC1CCc2cc3c(nc2C1)NCCC3)c1ccc2c(c1)OCC2. The zero-order valence-electron chi connectivity index (χ0n) is 18.9. The first-order chi connectivity index (χ1) is 16.0. The van der Waals surface area contributed by atoms with E-state index in [1.165, 1.54) is 16.8 Å². The van der Waals surface area contributed by atoms with Gasteiger partial charge in [0.1, 0.15) is 11.6 Å². The molecule has 1 amide bonds. The van der Waals surface area contributed by atoms with E-state index in [1.54, 1.807) is 0 Å². The Balaban J connectivity index is 1.19. The van der Waals surface area contributed by atoms with E-state index in [-0.39, 0.29) is 12.3 Å². The standard InChI is InChI=1S/C26H31N3O4/c30-24(28-22(15-25(31)32)19-7-6-17-9-11-33-23(17)14-19)8-4-16-3-5-18-13-20-2-1-10-27-26(20)29-21(18)12-16/h6-7,13-14,16,22H,1-5,8-12,15H2,(H,27,29)(H,28,30)(H,31,32)/t16?,22-/m0/s1. The number of amides is 1. The van der Waals surface area contributed by atoms with Gasteiger partial charge < -0.3 is 20.5 Å². The van der Waals surface area contributed by atoms with Crippen LogP contribution in [0.4, 0.5) is 5.82 Å². The number of nitrogens with zero attached hydrogens (tertiary/aromatic N) is 1. The lowest BCUT2D eigenvalue weighted by molar-refractivity contribution is -0.137. The Kier molecular flexibility index (Phi) is 6.20. The number of hydrogen-bond acceptors (Lipinski definition) is 5. The average Bonchev–Trinajstić information content (AvgIpc) is 3.28. The number of aryl methyl sites for hydroxylation is 2. The van der Waals surface area contributed by atoms with Crippen LogP contribution in [0.3, 0.4) is 0 Å². The van der Waals surface area contributed by atoms with Crippen molar-refractivity contribution in [3.8, 4) is 5.75 Å². The summed E-state index contributed by atoms with van der Waals surface area (Å²) in [4.78, 5) is 29.1. The van der Waals surface area contributed by atoms with Gasteiger partial charge in [-0.2, -0.15) is 0 Å². The van der Waals surface area contributed by atoms with Crippen molar-refractivity contribution in [3.63, 3.8) is 0 Å². The summed E-state index contributed by atoms with van der Waals surface area (Å²) in [5, 5.41) is 15.7. The van der Waals surface area contributed by atoms with E-state index in [9.17, 15) is 14.7 Å². The number of hydrogen-bond donors (Lipinski definition) is 3. The third-order valence-corrected chi connectivity index (χ3v) is 7.11. The molecular weight excluding hydrogens is 418 g/mol. The van der Waals surface area contributed by atoms with Gasteiger partial charge in [0.2, 0.25) is 5.91 Å². The van der Waals surface area contributed by atoms with E-state index in [4.69, 9.17) is 9.72 Å². The lowest BCUT2D eigenvalue weighted by atomic mass is 9.83. The van der Waals surface area contributed by atoms with E-state index >= 15 is 0 Å². The van der Waals surface area contributed by atoms with Crippen molar-refractivity contribution in [2.75, 3.05) is 18.5 Å². The number of carboxylic acids is 1. The normalized spacial score (nSPS) is 19.3. The van der Waals surface area contributed by atoms with Crippen molar-refractivity contribution < 1.29 is 19.4 Å². The number of carbonyl (C=O) groups is 2. The smallest absolute Gasteiger partial charge is 0.305 e. The molecule has 3 N–H and O–H groups in total. The second kappa shape index (κ2) is 9.41. The Morgan fingerprint density at radius 3 is 2.97 bits per heavy atom. The second-order valence-corrected chi connectivity index (χ2v) is 9.46. The van der Waals surface area contributed by atoms with Crippen LogP contribution < -0.4 is 15.4 Å². The molecule has 2 atom stereocenters. The molecule has 2 aliphatic heterocycles. The highest BCUT2D eigenvalue weighted by Gasteiger charge is 2.25. The molecule has 0 saturated carbocycles. The minimum absolute atomic E-state index is 0.103. The Morgan fingerprint density at radius 1 is 1.18 bits per heavy atom. The molecule has 3 aliphatic rings. The fourth-order valence-electron chi connectivity index (χ4n) is 5.27. The second-order valence-electron chi connectivity index (χ2n) is 9.46. The molecule has 2 aromatic rings. The summed E-state index contributed by atoms with van der Waals surface area (Å²) < 4.78 is 5.62. The summed E-state index contributed by atoms with van der Waals surface area (Å²) in [6.45, 7) is 1.63. The molecule has 1 aliphatic carbocycles. The minimum atomic E-state index is -0.936. The number of pyridine rings is 1. The molecule has 0 bridgehead atoms. The summed E-state index contributed by atoms with van der Waals surface area (Å²) in [5.41, 5.74) is 5.76. The molecular formula is C26H31N3O4. The maximum Gasteiger partial charge on any atom is 0.305 e. The van der Waals surface area contributed by atoms with Crippen molar-refractivity contribution in [2.24, 2.45) is 5.92 Å². The third-order valence-electron chi connectivity index (χ3n) is 7.11. The van der Waals surface area contributed by atoms with Gasteiger partial charge in [-0.15, -0.1) is 0 Å². The molecule has 7 nitrogen and oxygen atoms in total. The van der Waals surface area contributed by atoms with Crippen molar-refractivity contribution in [3.05, 3.63) is 52.2 Å². The van der Waals surface area contributed by atoms with Crippen LogP contribution in [0, 0.1) is 5.92 Å². The van der Waals surface area contributed by atoms with Crippen molar-refractivity contribution in [1.29, 1.82) is 0 Å². The highest BCUT2D eigenvalue weighted by Crippen LogP contribution is 2.32. The highest BCUT2D eigenvalue weighted by atomic mass is 16.5. The first-order valence-corrected chi connectivity index (χ1v) is 12.1. The van der Waals surface area contributed by atoms with Gasteiger partial charge in [0, 0.05) is 25.1 Å². The molecule has 7 heteroatoms. The van der Waals surface area contributed by atoms with E-state index in [0.717, 1.165) is 74.2 Å². The van der Waals surface area contributed by atoms with Crippen LogP contribution >= 0.6 is 0 Å². The Bertz CT molecular complexity index is 1070. The maximum absolute atomic E-state index is 12.8. The molecule has 1 aromatic carbocycles. The van der Waals surface area contributed by atoms with Crippen LogP contribution in [0.2, 0.25) is 0 Å². The number of aliphatic carboxylic acids is 1. The van der Waals surface area contributed by atoms with Gasteiger partial charge in [0.05, 0.1) is 19.1 Å². The number of carbonyl (C=O) groups excluding carboxylic acids is 1. The van der Waals surface area contributed by atoms with Gasteiger partial charge in [-0.3, -0.25) is 9.59 Å². The van der Waals surface area contributed by atoms with E-state index in [1.807, 2.05) is 18.2 Å². The first-order valence-electron chi connectivity index (χ1n) is 12.1. The molecule has 0 radical (unpaired) electrons. The highest BCUT2D eigenvalue weighted by molar-refractivity contribution is 5.77. The number of benzene rings is 1. The minimum Gasteiger partial charge on any atom is -0.493 e. The molecule has 1 aromatic heterocycles. The van der Waals surface area contributed by atoms with Crippen LogP contribution in [0.1, 0.15) is 66.1 Å². The summed E-state index contributed by atoms with van der Waals surface area (Å²) in [6, 6.07) is 7.51. The zero-order chi connectivity index (χ0) is 22.8. The number of nitrogens with one attached hydrogen (secondary N) is 2. The molecule has 0 fully saturated rings. The van der Waals surface area contributed by atoms with Crippen LogP contribution in [0.5, 0.6) is 5.75 Å². The zero-order valence-corrected chi connectivity index (χ0v) is 18.9. The van der Waals surface area contributed by atoms with Gasteiger partial charge in [-0.1, -0.05) is 18.2 Å². The largest absolute Gasteiger partial charge is 0.493 e. The maximum atomic E-state index is 12.8. The Morgan fingerprint density at radius 2 is 2.09 bits per heavy atom. The Hall–Kier alpha value is -3.09.